The number of ketones is 2. The molecule has 0 heterocycles. The van der Waals surface area contributed by atoms with Gasteiger partial charge in [0.05, 0.1) is 0 Å². The van der Waals surface area contributed by atoms with Crippen molar-refractivity contribution in [2.24, 2.45) is 5.92 Å². The van der Waals surface area contributed by atoms with E-state index in [0.29, 0.717) is 29.2 Å². The average molecular weight is 448 g/mol. The van der Waals surface area contributed by atoms with Crippen LogP contribution in [-0.2, 0) is 4.79 Å². The predicted molar refractivity (Wildman–Crippen MR) is 113 cm³/mol. The maximum absolute atomic E-state index is 13.1. The van der Waals surface area contributed by atoms with E-state index in [1.54, 1.807) is 0 Å². The van der Waals surface area contributed by atoms with E-state index in [-0.39, 0.29) is 17.6 Å². The van der Waals surface area contributed by atoms with Crippen LogP contribution in [0.15, 0.2) is 53.0 Å². The number of halogens is 2. The first-order valence-electron chi connectivity index (χ1n) is 9.62. The van der Waals surface area contributed by atoms with Crippen molar-refractivity contribution in [2.45, 2.75) is 50.9 Å². The fraction of sp³-hybridized carbons (Fsp3) is 0.391. The summed E-state index contributed by atoms with van der Waals surface area (Å²) in [7, 11) is 0. The molecule has 0 saturated heterocycles. The molecular formula is C23H24BrClO2. The molecule has 27 heavy (non-hydrogen) atoms. The lowest BCUT2D eigenvalue weighted by Gasteiger charge is -2.28. The summed E-state index contributed by atoms with van der Waals surface area (Å²) in [5.41, 5.74) is 1.66. The van der Waals surface area contributed by atoms with Crippen molar-refractivity contribution >= 4 is 39.1 Å². The smallest absolute Gasteiger partial charge is 0.164 e. The second kappa shape index (κ2) is 9.66. The normalized spacial score (nSPS) is 19.2. The summed E-state index contributed by atoms with van der Waals surface area (Å²) in [6, 6.07) is 15.1. The van der Waals surface area contributed by atoms with Gasteiger partial charge in [-0.2, -0.15) is 0 Å². The van der Waals surface area contributed by atoms with Gasteiger partial charge >= 0.3 is 0 Å². The number of carbonyl (C=O) groups excluding carboxylic acids is 2. The first kappa shape index (κ1) is 20.3. The molecule has 0 N–H and O–H groups in total. The van der Waals surface area contributed by atoms with Gasteiger partial charge in [-0.1, -0.05) is 77.1 Å². The number of hydrogen-bond donors (Lipinski definition) is 0. The number of rotatable bonds is 5. The number of carbonyl (C=O) groups is 2. The van der Waals surface area contributed by atoms with Crippen molar-refractivity contribution in [1.29, 1.82) is 0 Å². The van der Waals surface area contributed by atoms with E-state index >= 15 is 0 Å². The Morgan fingerprint density at radius 3 is 2.63 bits per heavy atom. The van der Waals surface area contributed by atoms with E-state index in [9.17, 15) is 9.59 Å². The van der Waals surface area contributed by atoms with Gasteiger partial charge in [-0.05, 0) is 36.6 Å². The van der Waals surface area contributed by atoms with Crippen LogP contribution in [0.5, 0.6) is 0 Å². The van der Waals surface area contributed by atoms with Gasteiger partial charge in [0.2, 0.25) is 0 Å². The Hall–Kier alpha value is -1.45. The van der Waals surface area contributed by atoms with Crippen molar-refractivity contribution < 1.29 is 9.59 Å². The minimum atomic E-state index is -0.131. The largest absolute Gasteiger partial charge is 0.299 e. The molecular weight excluding hydrogens is 424 g/mol. The standard InChI is InChI=1S/C23H24BrClO2/c24-21-12-6-5-11-19(21)23(27)15-20(16-8-7-9-17(25)14-16)18-10-3-1-2-4-13-22(18)26/h5-9,11-12,14,18,20H,1-4,10,13,15H2/t18-,20+/m0/s1. The maximum atomic E-state index is 13.1. The molecule has 1 saturated carbocycles. The zero-order valence-electron chi connectivity index (χ0n) is 15.3. The molecule has 0 spiro atoms. The van der Waals surface area contributed by atoms with Crippen LogP contribution in [0.4, 0.5) is 0 Å². The fourth-order valence-electron chi connectivity index (χ4n) is 4.02. The zero-order valence-corrected chi connectivity index (χ0v) is 17.6. The SMILES string of the molecule is O=C(C[C@H](c1cccc(Cl)c1)[C@@H]1CCCCCCC1=O)c1ccccc1Br. The van der Waals surface area contributed by atoms with Crippen LogP contribution in [0, 0.1) is 5.92 Å². The maximum Gasteiger partial charge on any atom is 0.164 e. The average Bonchev–Trinajstić information content (AvgIpc) is 2.64. The molecule has 0 aliphatic heterocycles. The van der Waals surface area contributed by atoms with Crippen molar-refractivity contribution in [3.63, 3.8) is 0 Å². The highest BCUT2D eigenvalue weighted by molar-refractivity contribution is 9.10. The van der Waals surface area contributed by atoms with Gasteiger partial charge < -0.3 is 0 Å². The van der Waals surface area contributed by atoms with Crippen LogP contribution >= 0.6 is 27.5 Å². The summed E-state index contributed by atoms with van der Waals surface area (Å²) in [6.07, 6.45) is 6.05. The number of benzene rings is 2. The minimum absolute atomic E-state index is 0.0577. The van der Waals surface area contributed by atoms with Crippen LogP contribution in [0.25, 0.3) is 0 Å². The summed E-state index contributed by atoms with van der Waals surface area (Å²) < 4.78 is 0.795. The fourth-order valence-corrected chi connectivity index (χ4v) is 4.72. The first-order chi connectivity index (χ1) is 13.1. The molecule has 2 aromatic carbocycles. The third-order valence-electron chi connectivity index (χ3n) is 5.44. The molecule has 0 unspecified atom stereocenters. The highest BCUT2D eigenvalue weighted by Gasteiger charge is 2.32. The zero-order chi connectivity index (χ0) is 19.2. The Morgan fingerprint density at radius 2 is 1.85 bits per heavy atom. The molecule has 0 radical (unpaired) electrons. The first-order valence-corrected chi connectivity index (χ1v) is 10.8. The molecule has 0 bridgehead atoms. The van der Waals surface area contributed by atoms with Crippen molar-refractivity contribution in [3.8, 4) is 0 Å². The minimum Gasteiger partial charge on any atom is -0.299 e. The van der Waals surface area contributed by atoms with E-state index in [4.69, 9.17) is 11.6 Å². The lowest BCUT2D eigenvalue weighted by Crippen LogP contribution is -2.26. The van der Waals surface area contributed by atoms with Crippen LogP contribution in [0.2, 0.25) is 5.02 Å². The molecule has 1 fully saturated rings. The highest BCUT2D eigenvalue weighted by Crippen LogP contribution is 2.37. The molecule has 4 heteroatoms. The number of hydrogen-bond acceptors (Lipinski definition) is 2. The quantitative estimate of drug-likeness (QED) is 0.462. The lowest BCUT2D eigenvalue weighted by atomic mass is 9.75. The Morgan fingerprint density at radius 1 is 1.07 bits per heavy atom. The van der Waals surface area contributed by atoms with Gasteiger partial charge in [0.15, 0.2) is 5.78 Å². The van der Waals surface area contributed by atoms with Crippen LogP contribution in [0.3, 0.4) is 0 Å². The summed E-state index contributed by atoms with van der Waals surface area (Å²) in [5, 5.41) is 0.643. The van der Waals surface area contributed by atoms with Gasteiger partial charge in [0, 0.05) is 39.7 Å². The molecule has 1 aliphatic carbocycles. The Kier molecular flexibility index (Phi) is 7.26. The lowest BCUT2D eigenvalue weighted by molar-refractivity contribution is -0.124. The van der Waals surface area contributed by atoms with Crippen molar-refractivity contribution in [3.05, 3.63) is 69.2 Å². The second-order valence-electron chi connectivity index (χ2n) is 7.29. The molecule has 2 atom stereocenters. The molecule has 1 aliphatic rings. The molecule has 2 aromatic rings. The van der Waals surface area contributed by atoms with Gasteiger partial charge in [0.25, 0.3) is 0 Å². The van der Waals surface area contributed by atoms with Crippen LogP contribution in [-0.4, -0.2) is 11.6 Å². The molecule has 0 aromatic heterocycles. The van der Waals surface area contributed by atoms with Crippen molar-refractivity contribution in [1.82, 2.24) is 0 Å². The summed E-state index contributed by atoms with van der Waals surface area (Å²) in [6.45, 7) is 0. The van der Waals surface area contributed by atoms with E-state index < -0.39 is 0 Å². The molecule has 142 valence electrons. The van der Waals surface area contributed by atoms with Gasteiger partial charge in [-0.25, -0.2) is 0 Å². The van der Waals surface area contributed by atoms with Crippen molar-refractivity contribution in [2.75, 3.05) is 0 Å². The van der Waals surface area contributed by atoms with E-state index in [0.717, 1.165) is 42.1 Å². The second-order valence-corrected chi connectivity index (χ2v) is 8.59. The molecule has 0 amide bonds. The summed E-state index contributed by atoms with van der Waals surface area (Å²) in [4.78, 5) is 26.0. The van der Waals surface area contributed by atoms with E-state index in [2.05, 4.69) is 15.9 Å². The van der Waals surface area contributed by atoms with E-state index in [1.165, 1.54) is 0 Å². The van der Waals surface area contributed by atoms with E-state index in [1.807, 2.05) is 48.5 Å². The predicted octanol–water partition coefficient (Wildman–Crippen LogP) is 7.00. The van der Waals surface area contributed by atoms with Gasteiger partial charge in [-0.3, -0.25) is 9.59 Å². The topological polar surface area (TPSA) is 34.1 Å². The van der Waals surface area contributed by atoms with Crippen LogP contribution < -0.4 is 0 Å². The Labute approximate surface area is 174 Å². The Bertz CT molecular complexity index is 818. The third kappa shape index (κ3) is 5.30. The summed E-state index contributed by atoms with van der Waals surface area (Å²) >= 11 is 9.70. The molecule has 2 nitrogen and oxygen atoms in total. The third-order valence-corrected chi connectivity index (χ3v) is 6.37. The molecule has 3 rings (SSSR count). The highest BCUT2D eigenvalue weighted by atomic mass is 79.9. The summed E-state index contributed by atoms with van der Waals surface area (Å²) in [5.74, 6) is 0.103. The van der Waals surface area contributed by atoms with Gasteiger partial charge in [-0.15, -0.1) is 0 Å². The Balaban J connectivity index is 1.93. The monoisotopic (exact) mass is 446 g/mol. The van der Waals surface area contributed by atoms with Gasteiger partial charge in [0.1, 0.15) is 5.78 Å². The number of Topliss-reactive ketones (excluding diaryl/α,β-unsaturated/α-hetero) is 2. The van der Waals surface area contributed by atoms with Crippen LogP contribution in [0.1, 0.15) is 66.8 Å².